The maximum absolute atomic E-state index is 12.9. The largest absolute Gasteiger partial charge is 0.344 e. The number of H-pyrrole nitrogens is 1. The molecule has 3 N–H and O–H groups in total. The zero-order chi connectivity index (χ0) is 17.1. The summed E-state index contributed by atoms with van der Waals surface area (Å²) in [6.45, 7) is 1.65. The number of hydrogen-bond acceptors (Lipinski definition) is 3. The zero-order valence-corrected chi connectivity index (χ0v) is 15.8. The molecule has 26 heavy (non-hydrogen) atoms. The number of halogens is 1. The molecule has 1 aromatic heterocycles. The summed E-state index contributed by atoms with van der Waals surface area (Å²) in [7, 11) is 0. The van der Waals surface area contributed by atoms with Gasteiger partial charge in [-0.2, -0.15) is 5.10 Å². The van der Waals surface area contributed by atoms with E-state index >= 15 is 0 Å². The number of hydrogen-bond donors (Lipinski definition) is 3. The van der Waals surface area contributed by atoms with Gasteiger partial charge in [0.1, 0.15) is 0 Å². The smallest absolute Gasteiger partial charge is 0.272 e. The average Bonchev–Trinajstić information content (AvgIpc) is 3.31. The fraction of sp³-hybridized carbons (Fsp3) is 0.500. The molecule has 1 atom stereocenters. The number of carbonyl (C=O) groups excluding carboxylic acids is 1. The predicted molar refractivity (Wildman–Crippen MR) is 104 cm³/mol. The van der Waals surface area contributed by atoms with Gasteiger partial charge in [0.25, 0.3) is 5.91 Å². The molecule has 4 rings (SSSR count). The molecule has 1 unspecified atom stereocenters. The van der Waals surface area contributed by atoms with Crippen LogP contribution in [-0.4, -0.2) is 22.6 Å². The van der Waals surface area contributed by atoms with Crippen LogP contribution < -0.4 is 10.6 Å². The molecule has 140 valence electrons. The molecule has 2 aliphatic rings. The van der Waals surface area contributed by atoms with Gasteiger partial charge in [-0.3, -0.25) is 9.89 Å². The maximum atomic E-state index is 12.9. The minimum absolute atomic E-state index is 0. The Hall–Kier alpha value is -1.85. The highest BCUT2D eigenvalue weighted by Crippen LogP contribution is 2.33. The average molecular weight is 375 g/mol. The Morgan fingerprint density at radius 1 is 1.23 bits per heavy atom. The Morgan fingerprint density at radius 2 is 2.00 bits per heavy atom. The van der Waals surface area contributed by atoms with Crippen LogP contribution in [0.25, 0.3) is 0 Å². The summed E-state index contributed by atoms with van der Waals surface area (Å²) in [5.41, 5.74) is 3.85. The molecule has 6 heteroatoms. The van der Waals surface area contributed by atoms with Crippen LogP contribution in [0.5, 0.6) is 0 Å². The zero-order valence-electron chi connectivity index (χ0n) is 15.0. The minimum Gasteiger partial charge on any atom is -0.344 e. The van der Waals surface area contributed by atoms with Gasteiger partial charge in [0, 0.05) is 30.8 Å². The van der Waals surface area contributed by atoms with E-state index in [0.29, 0.717) is 18.2 Å². The van der Waals surface area contributed by atoms with Crippen LogP contribution in [0.1, 0.15) is 65.5 Å². The van der Waals surface area contributed by atoms with Crippen LogP contribution in [0.4, 0.5) is 0 Å². The topological polar surface area (TPSA) is 69.8 Å². The van der Waals surface area contributed by atoms with Gasteiger partial charge in [0.2, 0.25) is 0 Å². The number of benzene rings is 1. The summed E-state index contributed by atoms with van der Waals surface area (Å²) in [5.74, 6) is 0.647. The van der Waals surface area contributed by atoms with Crippen molar-refractivity contribution >= 4 is 18.3 Å². The Morgan fingerprint density at radius 3 is 2.77 bits per heavy atom. The number of aromatic amines is 1. The van der Waals surface area contributed by atoms with E-state index < -0.39 is 0 Å². The molecule has 0 spiro atoms. The first kappa shape index (κ1) is 18.9. The lowest BCUT2D eigenvalue weighted by Crippen LogP contribution is -2.32. The lowest BCUT2D eigenvalue weighted by molar-refractivity contribution is 0.0924. The number of nitrogens with zero attached hydrogens (tertiary/aromatic N) is 1. The molecule has 1 aliphatic carbocycles. The number of aromatic nitrogens is 2. The quantitative estimate of drug-likeness (QED) is 0.749. The number of carbonyl (C=O) groups is 1. The summed E-state index contributed by atoms with van der Waals surface area (Å²) in [6, 6.07) is 10.4. The van der Waals surface area contributed by atoms with Crippen LogP contribution in [-0.2, 0) is 13.0 Å². The van der Waals surface area contributed by atoms with Gasteiger partial charge in [-0.1, -0.05) is 56.0 Å². The van der Waals surface area contributed by atoms with Crippen LogP contribution in [0.3, 0.4) is 0 Å². The third-order valence-corrected chi connectivity index (χ3v) is 5.57. The van der Waals surface area contributed by atoms with E-state index in [1.165, 1.54) is 31.2 Å². The van der Waals surface area contributed by atoms with E-state index in [4.69, 9.17) is 0 Å². The second-order valence-electron chi connectivity index (χ2n) is 7.28. The summed E-state index contributed by atoms with van der Waals surface area (Å²) < 4.78 is 0. The fourth-order valence-electron chi connectivity index (χ4n) is 4.18. The van der Waals surface area contributed by atoms with E-state index in [0.717, 1.165) is 30.6 Å². The van der Waals surface area contributed by atoms with Gasteiger partial charge in [-0.25, -0.2) is 0 Å². The van der Waals surface area contributed by atoms with Crippen molar-refractivity contribution in [3.05, 3.63) is 52.8 Å². The van der Waals surface area contributed by atoms with Gasteiger partial charge in [-0.05, 0) is 17.9 Å². The molecule has 1 saturated carbocycles. The number of amides is 1. The lowest BCUT2D eigenvalue weighted by Gasteiger charge is -2.22. The first-order valence-electron chi connectivity index (χ1n) is 9.44. The van der Waals surface area contributed by atoms with E-state index in [1.807, 2.05) is 18.2 Å². The van der Waals surface area contributed by atoms with Crippen LogP contribution >= 0.6 is 12.4 Å². The minimum atomic E-state index is -0.0620. The highest BCUT2D eigenvalue weighted by atomic mass is 35.5. The molecule has 1 fully saturated rings. The maximum Gasteiger partial charge on any atom is 0.272 e. The Bertz CT molecular complexity index is 725. The first-order valence-corrected chi connectivity index (χ1v) is 9.44. The van der Waals surface area contributed by atoms with Gasteiger partial charge >= 0.3 is 0 Å². The monoisotopic (exact) mass is 374 g/mol. The van der Waals surface area contributed by atoms with E-state index in [-0.39, 0.29) is 24.4 Å². The summed E-state index contributed by atoms with van der Waals surface area (Å²) in [4.78, 5) is 12.9. The molecule has 1 amide bonds. The highest BCUT2D eigenvalue weighted by molar-refractivity contribution is 5.94. The summed E-state index contributed by atoms with van der Waals surface area (Å²) in [6.07, 6.45) is 7.11. The molecule has 0 bridgehead atoms. The number of fused-ring (bicyclic) bond motifs is 1. The van der Waals surface area contributed by atoms with E-state index in [1.54, 1.807) is 0 Å². The molecule has 1 aromatic carbocycles. The molecular formula is C20H27ClN4O. The van der Waals surface area contributed by atoms with Gasteiger partial charge in [-0.15, -0.1) is 12.4 Å². The van der Waals surface area contributed by atoms with Crippen LogP contribution in [0.2, 0.25) is 0 Å². The van der Waals surface area contributed by atoms with Crippen molar-refractivity contribution in [2.24, 2.45) is 5.92 Å². The molecule has 0 radical (unpaired) electrons. The van der Waals surface area contributed by atoms with E-state index in [2.05, 4.69) is 33.0 Å². The van der Waals surface area contributed by atoms with Crippen molar-refractivity contribution in [1.82, 2.24) is 20.8 Å². The Kier molecular flexibility index (Phi) is 6.33. The second-order valence-corrected chi connectivity index (χ2v) is 7.28. The SMILES string of the molecule is Cl.O=C(NC(CC1CCCC1)c1ccccc1)c1n[nH]c2c1CNCC2. The number of nitrogens with one attached hydrogen (secondary N) is 3. The highest BCUT2D eigenvalue weighted by Gasteiger charge is 2.26. The van der Waals surface area contributed by atoms with E-state index in [9.17, 15) is 4.79 Å². The number of rotatable bonds is 5. The van der Waals surface area contributed by atoms with Gasteiger partial charge in [0.05, 0.1) is 6.04 Å². The van der Waals surface area contributed by atoms with Crippen LogP contribution in [0.15, 0.2) is 30.3 Å². The summed E-state index contributed by atoms with van der Waals surface area (Å²) >= 11 is 0. The van der Waals surface area contributed by atoms with Gasteiger partial charge in [0.15, 0.2) is 5.69 Å². The van der Waals surface area contributed by atoms with Crippen molar-refractivity contribution in [1.29, 1.82) is 0 Å². The normalized spacial score (nSPS) is 18.0. The Labute approximate surface area is 160 Å². The first-order chi connectivity index (χ1) is 12.3. The van der Waals surface area contributed by atoms with Crippen LogP contribution in [0, 0.1) is 5.92 Å². The molecular weight excluding hydrogens is 348 g/mol. The van der Waals surface area contributed by atoms with Crippen molar-refractivity contribution in [2.45, 2.75) is 51.1 Å². The second kappa shape index (κ2) is 8.69. The van der Waals surface area contributed by atoms with Crippen molar-refractivity contribution in [2.75, 3.05) is 6.54 Å². The third-order valence-electron chi connectivity index (χ3n) is 5.57. The standard InChI is InChI=1S/C20H26N4O.ClH/c25-20(19-16-13-21-11-10-17(16)23-24-19)22-18(12-14-6-4-5-7-14)15-8-2-1-3-9-15;/h1-3,8-9,14,18,21H,4-7,10-13H2,(H,22,25)(H,23,24);1H. The summed E-state index contributed by atoms with van der Waals surface area (Å²) in [5, 5.41) is 13.9. The lowest BCUT2D eigenvalue weighted by atomic mass is 9.93. The van der Waals surface area contributed by atoms with Crippen molar-refractivity contribution in [3.8, 4) is 0 Å². The predicted octanol–water partition coefficient (Wildman–Crippen LogP) is 3.53. The Balaban J connectivity index is 0.00000196. The van der Waals surface area contributed by atoms with Crippen molar-refractivity contribution in [3.63, 3.8) is 0 Å². The molecule has 0 saturated heterocycles. The molecule has 5 nitrogen and oxygen atoms in total. The third kappa shape index (κ3) is 4.10. The molecule has 2 aromatic rings. The molecule has 1 aliphatic heterocycles. The fourth-order valence-corrected chi connectivity index (χ4v) is 4.18. The van der Waals surface area contributed by atoms with Crippen molar-refractivity contribution < 1.29 is 4.79 Å². The van der Waals surface area contributed by atoms with Gasteiger partial charge < -0.3 is 10.6 Å². The molecule has 2 heterocycles.